The predicted octanol–water partition coefficient (Wildman–Crippen LogP) is 2.56. The van der Waals surface area contributed by atoms with Gasteiger partial charge in [-0.05, 0) is 41.1 Å². The third kappa shape index (κ3) is 2.27. The first kappa shape index (κ1) is 11.6. The highest BCUT2D eigenvalue weighted by Crippen LogP contribution is 2.23. The van der Waals surface area contributed by atoms with Gasteiger partial charge >= 0.3 is 0 Å². The molecular weight excluding hydrogens is 313 g/mol. The predicted molar refractivity (Wildman–Crippen MR) is 73.1 cm³/mol. The highest BCUT2D eigenvalue weighted by molar-refractivity contribution is 14.1. The average molecular weight is 327 g/mol. The number of hydrogen-bond acceptors (Lipinski definition) is 2. The molecule has 0 saturated heterocycles. The smallest absolute Gasteiger partial charge is 0.0593 e. The van der Waals surface area contributed by atoms with Gasteiger partial charge in [0.2, 0.25) is 0 Å². The Bertz CT molecular complexity index is 479. The van der Waals surface area contributed by atoms with E-state index in [1.807, 2.05) is 29.2 Å². The van der Waals surface area contributed by atoms with Crippen molar-refractivity contribution in [3.05, 3.63) is 51.4 Å². The molecule has 0 aliphatic carbocycles. The van der Waals surface area contributed by atoms with E-state index in [4.69, 9.17) is 5.73 Å². The van der Waals surface area contributed by atoms with Crippen LogP contribution in [0.15, 0.2) is 36.7 Å². The van der Waals surface area contributed by atoms with Crippen LogP contribution in [0.1, 0.15) is 24.1 Å². The molecule has 2 aromatic rings. The zero-order chi connectivity index (χ0) is 11.5. The molecule has 1 aromatic heterocycles. The SMILES string of the molecule is CCn1cc(C(N)c2ccccc2I)cn1. The zero-order valence-corrected chi connectivity index (χ0v) is 11.3. The lowest BCUT2D eigenvalue weighted by atomic mass is 10.0. The third-order valence-electron chi connectivity index (χ3n) is 2.58. The Morgan fingerprint density at radius 3 is 2.81 bits per heavy atom. The van der Waals surface area contributed by atoms with Crippen LogP contribution in [-0.4, -0.2) is 9.78 Å². The van der Waals surface area contributed by atoms with E-state index in [2.05, 4.69) is 46.7 Å². The van der Waals surface area contributed by atoms with Crippen molar-refractivity contribution in [3.63, 3.8) is 0 Å². The second-order valence-electron chi connectivity index (χ2n) is 3.63. The summed E-state index contributed by atoms with van der Waals surface area (Å²) < 4.78 is 3.09. The van der Waals surface area contributed by atoms with E-state index in [1.54, 1.807) is 0 Å². The van der Waals surface area contributed by atoms with Gasteiger partial charge in [-0.15, -0.1) is 0 Å². The first-order valence-corrected chi connectivity index (χ1v) is 6.32. The van der Waals surface area contributed by atoms with Crippen molar-refractivity contribution >= 4 is 22.6 Å². The van der Waals surface area contributed by atoms with Gasteiger partial charge in [-0.25, -0.2) is 0 Å². The summed E-state index contributed by atoms with van der Waals surface area (Å²) in [7, 11) is 0. The van der Waals surface area contributed by atoms with E-state index < -0.39 is 0 Å². The third-order valence-corrected chi connectivity index (χ3v) is 3.56. The minimum atomic E-state index is -0.0894. The molecule has 0 fully saturated rings. The molecule has 1 atom stereocenters. The van der Waals surface area contributed by atoms with Gasteiger partial charge in [0.05, 0.1) is 12.2 Å². The average Bonchev–Trinajstić information content (AvgIpc) is 2.77. The maximum absolute atomic E-state index is 6.23. The van der Waals surface area contributed by atoms with Crippen LogP contribution in [0.25, 0.3) is 0 Å². The number of benzene rings is 1. The van der Waals surface area contributed by atoms with Crippen molar-refractivity contribution in [1.82, 2.24) is 9.78 Å². The van der Waals surface area contributed by atoms with Crippen molar-refractivity contribution in [2.24, 2.45) is 5.73 Å². The molecule has 0 saturated carbocycles. The summed E-state index contributed by atoms with van der Waals surface area (Å²) in [5.74, 6) is 0. The van der Waals surface area contributed by atoms with Crippen LogP contribution in [0, 0.1) is 3.57 Å². The monoisotopic (exact) mass is 327 g/mol. The summed E-state index contributed by atoms with van der Waals surface area (Å²) in [6, 6.07) is 8.08. The standard InChI is InChI=1S/C12H14IN3/c1-2-16-8-9(7-15-16)12(14)10-5-3-4-6-11(10)13/h3-8,12H,2,14H2,1H3. The highest BCUT2D eigenvalue weighted by atomic mass is 127. The van der Waals surface area contributed by atoms with Crippen LogP contribution in [-0.2, 0) is 6.54 Å². The minimum Gasteiger partial charge on any atom is -0.320 e. The molecule has 0 spiro atoms. The van der Waals surface area contributed by atoms with E-state index >= 15 is 0 Å². The molecule has 2 N–H and O–H groups in total. The Morgan fingerprint density at radius 2 is 2.19 bits per heavy atom. The van der Waals surface area contributed by atoms with E-state index in [1.165, 1.54) is 3.57 Å². The molecule has 0 bridgehead atoms. The second kappa shape index (κ2) is 4.97. The van der Waals surface area contributed by atoms with Gasteiger partial charge in [0.1, 0.15) is 0 Å². The van der Waals surface area contributed by atoms with Crippen LogP contribution >= 0.6 is 22.6 Å². The van der Waals surface area contributed by atoms with E-state index in [9.17, 15) is 0 Å². The molecule has 0 aliphatic rings. The van der Waals surface area contributed by atoms with Crippen LogP contribution < -0.4 is 5.73 Å². The van der Waals surface area contributed by atoms with Gasteiger partial charge in [-0.1, -0.05) is 18.2 Å². The molecule has 3 nitrogen and oxygen atoms in total. The second-order valence-corrected chi connectivity index (χ2v) is 4.79. The van der Waals surface area contributed by atoms with E-state index in [-0.39, 0.29) is 6.04 Å². The van der Waals surface area contributed by atoms with Gasteiger partial charge in [-0.3, -0.25) is 4.68 Å². The molecule has 1 heterocycles. The number of rotatable bonds is 3. The fourth-order valence-electron chi connectivity index (χ4n) is 1.62. The molecule has 0 amide bonds. The molecule has 1 aromatic carbocycles. The number of aromatic nitrogens is 2. The fraction of sp³-hybridized carbons (Fsp3) is 0.250. The number of halogens is 1. The topological polar surface area (TPSA) is 43.8 Å². The maximum atomic E-state index is 6.23. The molecule has 16 heavy (non-hydrogen) atoms. The molecule has 1 unspecified atom stereocenters. The molecule has 0 aliphatic heterocycles. The van der Waals surface area contributed by atoms with Gasteiger partial charge in [0, 0.05) is 21.9 Å². The van der Waals surface area contributed by atoms with Gasteiger partial charge in [0.15, 0.2) is 0 Å². The summed E-state index contributed by atoms with van der Waals surface area (Å²) in [5.41, 5.74) is 8.44. The lowest BCUT2D eigenvalue weighted by molar-refractivity contribution is 0.658. The zero-order valence-electron chi connectivity index (χ0n) is 9.10. The first-order chi connectivity index (χ1) is 7.72. The van der Waals surface area contributed by atoms with Crippen LogP contribution in [0.4, 0.5) is 0 Å². The summed E-state index contributed by atoms with van der Waals surface area (Å²) >= 11 is 2.31. The van der Waals surface area contributed by atoms with Crippen molar-refractivity contribution in [1.29, 1.82) is 0 Å². The summed E-state index contributed by atoms with van der Waals surface area (Å²) in [6.07, 6.45) is 3.85. The van der Waals surface area contributed by atoms with Gasteiger partial charge in [-0.2, -0.15) is 5.10 Å². The van der Waals surface area contributed by atoms with E-state index in [0.29, 0.717) is 0 Å². The largest absolute Gasteiger partial charge is 0.320 e. The number of nitrogens with two attached hydrogens (primary N) is 1. The molecule has 84 valence electrons. The fourth-order valence-corrected chi connectivity index (χ4v) is 2.34. The number of nitrogens with zero attached hydrogens (tertiary/aromatic N) is 2. The molecule has 4 heteroatoms. The quantitative estimate of drug-likeness (QED) is 0.881. The summed E-state index contributed by atoms with van der Waals surface area (Å²) in [6.45, 7) is 2.94. The summed E-state index contributed by atoms with van der Waals surface area (Å²) in [5, 5.41) is 4.25. The van der Waals surface area contributed by atoms with Crippen molar-refractivity contribution in [2.75, 3.05) is 0 Å². The lowest BCUT2D eigenvalue weighted by Crippen LogP contribution is -2.12. The number of hydrogen-bond donors (Lipinski definition) is 1. The Kier molecular flexibility index (Phi) is 3.60. The Hall–Kier alpha value is -0.880. The molecule has 2 rings (SSSR count). The minimum absolute atomic E-state index is 0.0894. The molecular formula is C12H14IN3. The Morgan fingerprint density at radius 1 is 1.44 bits per heavy atom. The van der Waals surface area contributed by atoms with Crippen molar-refractivity contribution in [2.45, 2.75) is 19.5 Å². The van der Waals surface area contributed by atoms with Crippen LogP contribution in [0.2, 0.25) is 0 Å². The lowest BCUT2D eigenvalue weighted by Gasteiger charge is -2.11. The van der Waals surface area contributed by atoms with Gasteiger partial charge in [0.25, 0.3) is 0 Å². The molecule has 0 radical (unpaired) electrons. The van der Waals surface area contributed by atoms with Crippen LogP contribution in [0.3, 0.4) is 0 Å². The van der Waals surface area contributed by atoms with Crippen molar-refractivity contribution in [3.8, 4) is 0 Å². The summed E-state index contributed by atoms with van der Waals surface area (Å²) in [4.78, 5) is 0. The van der Waals surface area contributed by atoms with Gasteiger partial charge < -0.3 is 5.73 Å². The van der Waals surface area contributed by atoms with Crippen LogP contribution in [0.5, 0.6) is 0 Å². The van der Waals surface area contributed by atoms with Crippen molar-refractivity contribution < 1.29 is 0 Å². The van der Waals surface area contributed by atoms with E-state index in [0.717, 1.165) is 17.7 Å². The number of aryl methyl sites for hydroxylation is 1. The Balaban J connectivity index is 2.31. The normalized spacial score (nSPS) is 12.7. The Labute approximate surface area is 109 Å². The highest BCUT2D eigenvalue weighted by Gasteiger charge is 2.13. The first-order valence-electron chi connectivity index (χ1n) is 5.24. The maximum Gasteiger partial charge on any atom is 0.0593 e.